The molecule has 0 unspecified atom stereocenters. The van der Waals surface area contributed by atoms with E-state index in [9.17, 15) is 14.7 Å². The van der Waals surface area contributed by atoms with Crippen molar-refractivity contribution in [1.29, 1.82) is 0 Å². The molecule has 0 aliphatic rings. The van der Waals surface area contributed by atoms with Gasteiger partial charge in [0.25, 0.3) is 0 Å². The summed E-state index contributed by atoms with van der Waals surface area (Å²) in [5, 5.41) is 12.1. The molecule has 0 aromatic heterocycles. The number of aliphatic hydroxyl groups excluding tert-OH is 1. The van der Waals surface area contributed by atoms with Crippen molar-refractivity contribution in [1.82, 2.24) is 4.90 Å². The van der Waals surface area contributed by atoms with Gasteiger partial charge in [0, 0.05) is 6.42 Å². The summed E-state index contributed by atoms with van der Waals surface area (Å²) in [5.74, 6) is -0.131. The number of amides is 1. The molecule has 0 bridgehead atoms. The Morgan fingerprint density at radius 2 is 1.42 bits per heavy atom. The molecule has 0 aliphatic heterocycles. The van der Waals surface area contributed by atoms with E-state index in [0.29, 0.717) is 11.3 Å². The summed E-state index contributed by atoms with van der Waals surface area (Å²) in [6, 6.07) is 25.3. The standard InChI is InChI=1S/C31H37NO6/c1-6-37-28(34)31(21-23-13-9-7-10-14-23,27(33)25-17-19-26(36-5)20-18-25)32(29(35)38-30(2,3)4)22-24-15-11-8-12-16-24/h7-20,27,33H,6,21-22H2,1-5H3/t27-,31-/m1/s1. The second kappa shape index (κ2) is 12.6. The Balaban J connectivity index is 2.28. The van der Waals surface area contributed by atoms with E-state index >= 15 is 0 Å². The first kappa shape index (κ1) is 28.7. The predicted molar refractivity (Wildman–Crippen MR) is 146 cm³/mol. The molecule has 1 N–H and O–H groups in total. The normalized spacial score (nSPS) is 13.6. The predicted octanol–water partition coefficient (Wildman–Crippen LogP) is 5.71. The quantitative estimate of drug-likeness (QED) is 0.345. The molecule has 3 rings (SSSR count). The summed E-state index contributed by atoms with van der Waals surface area (Å²) in [6.45, 7) is 7.05. The zero-order valence-electron chi connectivity index (χ0n) is 22.7. The van der Waals surface area contributed by atoms with Gasteiger partial charge >= 0.3 is 12.1 Å². The van der Waals surface area contributed by atoms with Gasteiger partial charge in [-0.1, -0.05) is 72.8 Å². The Kier molecular flexibility index (Phi) is 9.53. The van der Waals surface area contributed by atoms with E-state index in [0.717, 1.165) is 11.1 Å². The minimum atomic E-state index is -1.86. The highest BCUT2D eigenvalue weighted by Gasteiger charge is 2.55. The maximum Gasteiger partial charge on any atom is 0.411 e. The molecule has 1 amide bonds. The minimum Gasteiger partial charge on any atom is -0.497 e. The van der Waals surface area contributed by atoms with Gasteiger partial charge in [-0.3, -0.25) is 4.90 Å². The fourth-order valence-corrected chi connectivity index (χ4v) is 4.31. The van der Waals surface area contributed by atoms with Crippen molar-refractivity contribution >= 4 is 12.1 Å². The van der Waals surface area contributed by atoms with E-state index in [1.54, 1.807) is 59.1 Å². The molecule has 0 saturated carbocycles. The van der Waals surface area contributed by atoms with Crippen LogP contribution < -0.4 is 4.74 Å². The Labute approximate surface area is 225 Å². The van der Waals surface area contributed by atoms with Crippen LogP contribution in [0.25, 0.3) is 0 Å². The molecule has 38 heavy (non-hydrogen) atoms. The largest absolute Gasteiger partial charge is 0.497 e. The van der Waals surface area contributed by atoms with Crippen LogP contribution in [0.5, 0.6) is 5.75 Å². The van der Waals surface area contributed by atoms with E-state index in [-0.39, 0.29) is 19.6 Å². The first-order valence-electron chi connectivity index (χ1n) is 12.7. The van der Waals surface area contributed by atoms with Crippen LogP contribution in [0.15, 0.2) is 84.9 Å². The molecule has 202 valence electrons. The first-order valence-corrected chi connectivity index (χ1v) is 12.7. The molecule has 0 fully saturated rings. The highest BCUT2D eigenvalue weighted by Crippen LogP contribution is 2.39. The van der Waals surface area contributed by atoms with Crippen LogP contribution in [-0.2, 0) is 27.2 Å². The van der Waals surface area contributed by atoms with Gasteiger partial charge < -0.3 is 19.3 Å². The molecule has 0 heterocycles. The third-order valence-corrected chi connectivity index (χ3v) is 6.11. The SMILES string of the molecule is CCOC(=O)[C@@](Cc1ccccc1)([C@H](O)c1ccc(OC)cc1)N(Cc1ccccc1)C(=O)OC(C)(C)C. The topological polar surface area (TPSA) is 85.3 Å². The number of nitrogens with zero attached hydrogens (tertiary/aromatic N) is 1. The number of methoxy groups -OCH3 is 1. The Morgan fingerprint density at radius 3 is 1.92 bits per heavy atom. The van der Waals surface area contributed by atoms with Crippen LogP contribution >= 0.6 is 0 Å². The summed E-state index contributed by atoms with van der Waals surface area (Å²) in [6.07, 6.45) is -2.20. The van der Waals surface area contributed by atoms with Gasteiger partial charge in [0.1, 0.15) is 17.5 Å². The Hall–Kier alpha value is -3.84. The summed E-state index contributed by atoms with van der Waals surface area (Å²) in [5.41, 5.74) is -0.762. The number of carbonyl (C=O) groups excluding carboxylic acids is 2. The van der Waals surface area contributed by atoms with Crippen LogP contribution in [0, 0.1) is 0 Å². The van der Waals surface area contributed by atoms with Gasteiger partial charge in [-0.2, -0.15) is 0 Å². The van der Waals surface area contributed by atoms with Crippen LogP contribution in [0.1, 0.15) is 50.5 Å². The number of hydrogen-bond acceptors (Lipinski definition) is 6. The lowest BCUT2D eigenvalue weighted by Gasteiger charge is -2.45. The number of rotatable bonds is 10. The van der Waals surface area contributed by atoms with Crippen LogP contribution in [0.3, 0.4) is 0 Å². The van der Waals surface area contributed by atoms with Gasteiger partial charge in [0.2, 0.25) is 0 Å². The number of ether oxygens (including phenoxy) is 3. The fraction of sp³-hybridized carbons (Fsp3) is 0.355. The maximum absolute atomic E-state index is 14.1. The fourth-order valence-electron chi connectivity index (χ4n) is 4.31. The third-order valence-electron chi connectivity index (χ3n) is 6.11. The number of hydrogen-bond donors (Lipinski definition) is 1. The molecule has 0 spiro atoms. The van der Waals surface area contributed by atoms with Gasteiger partial charge in [0.05, 0.1) is 20.3 Å². The van der Waals surface area contributed by atoms with E-state index in [4.69, 9.17) is 14.2 Å². The molecule has 2 atom stereocenters. The molecule has 7 nitrogen and oxygen atoms in total. The maximum atomic E-state index is 14.1. The van der Waals surface area contributed by atoms with Gasteiger partial charge in [-0.25, -0.2) is 9.59 Å². The zero-order chi connectivity index (χ0) is 27.8. The monoisotopic (exact) mass is 519 g/mol. The average Bonchev–Trinajstić information content (AvgIpc) is 2.90. The van der Waals surface area contributed by atoms with E-state index in [1.165, 1.54) is 4.90 Å². The van der Waals surface area contributed by atoms with E-state index in [1.807, 2.05) is 60.7 Å². The zero-order valence-corrected chi connectivity index (χ0v) is 22.7. The highest BCUT2D eigenvalue weighted by atomic mass is 16.6. The molecular weight excluding hydrogens is 482 g/mol. The summed E-state index contributed by atoms with van der Waals surface area (Å²) < 4.78 is 16.7. The van der Waals surface area contributed by atoms with Crippen LogP contribution in [0.2, 0.25) is 0 Å². The van der Waals surface area contributed by atoms with Gasteiger partial charge in [-0.15, -0.1) is 0 Å². The number of carbonyl (C=O) groups is 2. The lowest BCUT2D eigenvalue weighted by molar-refractivity contribution is -0.168. The summed E-state index contributed by atoms with van der Waals surface area (Å²) >= 11 is 0. The molecule has 0 radical (unpaired) electrons. The molecule has 0 aliphatic carbocycles. The number of benzene rings is 3. The molecule has 7 heteroatoms. The van der Waals surface area contributed by atoms with Gasteiger partial charge in [-0.05, 0) is 56.5 Å². The smallest absolute Gasteiger partial charge is 0.411 e. The molecule has 3 aromatic carbocycles. The second-order valence-electron chi connectivity index (χ2n) is 10.0. The average molecular weight is 520 g/mol. The Bertz CT molecular complexity index is 1170. The third kappa shape index (κ3) is 6.92. The van der Waals surface area contributed by atoms with Crippen molar-refractivity contribution in [2.75, 3.05) is 13.7 Å². The summed E-state index contributed by atoms with van der Waals surface area (Å²) in [4.78, 5) is 29.3. The Morgan fingerprint density at radius 1 is 0.868 bits per heavy atom. The van der Waals surface area contributed by atoms with Crippen molar-refractivity contribution in [3.63, 3.8) is 0 Å². The van der Waals surface area contributed by atoms with E-state index in [2.05, 4.69) is 0 Å². The van der Waals surface area contributed by atoms with Gasteiger partial charge in [0.15, 0.2) is 5.54 Å². The van der Waals surface area contributed by atoms with Crippen molar-refractivity contribution in [2.24, 2.45) is 0 Å². The first-order chi connectivity index (χ1) is 18.1. The summed E-state index contributed by atoms with van der Waals surface area (Å²) in [7, 11) is 1.55. The van der Waals surface area contributed by atoms with E-state index < -0.39 is 29.3 Å². The number of aliphatic hydroxyl groups is 1. The highest BCUT2D eigenvalue weighted by molar-refractivity contribution is 5.87. The lowest BCUT2D eigenvalue weighted by atomic mass is 9.80. The minimum absolute atomic E-state index is 0.00799. The van der Waals surface area contributed by atoms with Crippen molar-refractivity contribution in [3.05, 3.63) is 102 Å². The van der Waals surface area contributed by atoms with Crippen LogP contribution in [-0.4, -0.2) is 46.9 Å². The van der Waals surface area contributed by atoms with Crippen molar-refractivity contribution < 1.29 is 28.9 Å². The number of esters is 1. The van der Waals surface area contributed by atoms with Crippen molar-refractivity contribution in [2.45, 2.75) is 57.9 Å². The molecule has 3 aromatic rings. The lowest BCUT2D eigenvalue weighted by Crippen LogP contribution is -2.63. The molecule has 0 saturated heterocycles. The van der Waals surface area contributed by atoms with Crippen molar-refractivity contribution in [3.8, 4) is 5.75 Å². The second-order valence-corrected chi connectivity index (χ2v) is 10.0. The van der Waals surface area contributed by atoms with Crippen LogP contribution in [0.4, 0.5) is 4.79 Å². The molecular formula is C31H37NO6.